The molecule has 1 N–H and O–H groups in total. The number of carbonyl (C=O) groups excluding carboxylic acids is 1. The second-order valence-electron chi connectivity index (χ2n) is 1.82. The summed E-state index contributed by atoms with van der Waals surface area (Å²) in [6.07, 6.45) is -0.152. The van der Waals surface area contributed by atoms with Gasteiger partial charge in [-0.15, -0.1) is 0 Å². The van der Waals surface area contributed by atoms with Crippen molar-refractivity contribution >= 4 is 6.79 Å². The minimum absolute atomic E-state index is 0.152. The van der Waals surface area contributed by atoms with Gasteiger partial charge in [0.05, 0.1) is 0 Å². The van der Waals surface area contributed by atoms with Gasteiger partial charge in [-0.1, -0.05) is 18.2 Å². The van der Waals surface area contributed by atoms with Crippen LogP contribution in [0.25, 0.3) is 0 Å². The average molecular weight is 136 g/mol. The number of hydrogen-bond acceptors (Lipinski definition) is 1. The van der Waals surface area contributed by atoms with Gasteiger partial charge in [0, 0.05) is 0 Å². The second-order valence-corrected chi connectivity index (χ2v) is 1.82. The molecule has 0 aliphatic heterocycles. The molecule has 1 radical (unpaired) electrons. The highest BCUT2D eigenvalue weighted by atomic mass is 16.5. The van der Waals surface area contributed by atoms with Crippen LogP contribution in [0.15, 0.2) is 30.3 Å². The van der Waals surface area contributed by atoms with Gasteiger partial charge in [-0.2, -0.15) is 0 Å². The van der Waals surface area contributed by atoms with Crippen molar-refractivity contribution in [2.45, 2.75) is 0 Å². The molecule has 0 spiro atoms. The highest BCUT2D eigenvalue weighted by Crippen LogP contribution is 2.07. The Balaban J connectivity index is 2.84. The Morgan fingerprint density at radius 2 is 1.90 bits per heavy atom. The van der Waals surface area contributed by atoms with Gasteiger partial charge in [0.2, 0.25) is 0 Å². The maximum atomic E-state index is 8.96. The molecule has 0 saturated heterocycles. The number of benzene rings is 1. The maximum Gasteiger partial charge on any atom is 0.539 e. The molecule has 0 amide bonds. The third kappa shape index (κ3) is 1.42. The van der Waals surface area contributed by atoms with Crippen molar-refractivity contribution in [2.24, 2.45) is 0 Å². The van der Waals surface area contributed by atoms with Gasteiger partial charge in [-0.3, -0.25) is 5.11 Å². The van der Waals surface area contributed by atoms with Gasteiger partial charge in [-0.05, 0) is 12.1 Å². The molecule has 0 aromatic heterocycles. The lowest BCUT2D eigenvalue weighted by atomic mass is 10.2. The summed E-state index contributed by atoms with van der Waals surface area (Å²) in [5.74, 6) is 0. The molecule has 0 heterocycles. The topological polar surface area (TPSA) is 31.5 Å². The molecule has 1 aromatic rings. The minimum atomic E-state index is -0.152. The lowest BCUT2D eigenvalue weighted by Gasteiger charge is -1.89. The van der Waals surface area contributed by atoms with Gasteiger partial charge >= 0.3 is 6.29 Å². The number of rotatable bonds is 2. The van der Waals surface area contributed by atoms with E-state index in [1.807, 2.05) is 18.2 Å². The summed E-state index contributed by atoms with van der Waals surface area (Å²) >= 11 is 0. The van der Waals surface area contributed by atoms with Gasteiger partial charge < -0.3 is 0 Å². The lowest BCUT2D eigenvalue weighted by Crippen LogP contribution is -1.96. The molecule has 1 rings (SSSR count). The van der Waals surface area contributed by atoms with Crippen LogP contribution < -0.4 is 0 Å². The first-order valence-corrected chi connectivity index (χ1v) is 2.88. The van der Waals surface area contributed by atoms with E-state index in [1.54, 1.807) is 12.1 Å². The zero-order valence-electron chi connectivity index (χ0n) is 5.45. The van der Waals surface area contributed by atoms with Crippen molar-refractivity contribution in [2.75, 3.05) is 0 Å². The molecule has 2 nitrogen and oxygen atoms in total. The lowest BCUT2D eigenvalue weighted by molar-refractivity contribution is -0.467. The summed E-state index contributed by atoms with van der Waals surface area (Å²) in [5.41, 5.74) is 0.637. The first kappa shape index (κ1) is 6.96. The predicted octanol–water partition coefficient (Wildman–Crippen LogP) is 1.26. The van der Waals surface area contributed by atoms with Crippen LogP contribution in [0.3, 0.4) is 0 Å². The minimum Gasteiger partial charge on any atom is -0.295 e. The number of hydrogen-bond donors (Lipinski definition) is 1. The Bertz CT molecular complexity index is 206. The van der Waals surface area contributed by atoms with Crippen LogP contribution in [0.4, 0.5) is 0 Å². The molecule has 0 unspecified atom stereocenters. The summed E-state index contributed by atoms with van der Waals surface area (Å²) in [7, 11) is 0. The van der Waals surface area contributed by atoms with E-state index in [2.05, 4.69) is 11.2 Å². The Kier molecular flexibility index (Phi) is 2.18. The van der Waals surface area contributed by atoms with Gasteiger partial charge in [-0.25, -0.2) is 4.42 Å². The normalized spacial score (nSPS) is 9.80. The van der Waals surface area contributed by atoms with Gasteiger partial charge in [0.15, 0.2) is 0 Å². The summed E-state index contributed by atoms with van der Waals surface area (Å²) in [6.45, 7) is 3.07. The van der Waals surface area contributed by atoms with E-state index >= 15 is 0 Å². The van der Waals surface area contributed by atoms with Crippen LogP contribution in [0.5, 0.6) is 0 Å². The van der Waals surface area contributed by atoms with Crippen molar-refractivity contribution in [3.05, 3.63) is 42.2 Å². The highest BCUT2D eigenvalue weighted by Gasteiger charge is 2.17. The SMILES string of the molecule is C=[O+][C](O)c1ccccc1. The Morgan fingerprint density at radius 3 is 2.40 bits per heavy atom. The van der Waals surface area contributed by atoms with Crippen molar-refractivity contribution in [1.29, 1.82) is 0 Å². The fourth-order valence-corrected chi connectivity index (χ4v) is 0.664. The van der Waals surface area contributed by atoms with Crippen molar-refractivity contribution in [1.82, 2.24) is 0 Å². The van der Waals surface area contributed by atoms with Crippen LogP contribution in [0.1, 0.15) is 5.56 Å². The molecule has 0 bridgehead atoms. The fraction of sp³-hybridized carbons (Fsp3) is 0. The van der Waals surface area contributed by atoms with Gasteiger partial charge in [0.25, 0.3) is 6.79 Å². The Morgan fingerprint density at radius 1 is 1.30 bits per heavy atom. The van der Waals surface area contributed by atoms with E-state index in [-0.39, 0.29) is 6.29 Å². The molecular weight excluding hydrogens is 128 g/mol. The largest absolute Gasteiger partial charge is 0.539 e. The molecule has 0 saturated carbocycles. The van der Waals surface area contributed by atoms with E-state index in [0.717, 1.165) is 0 Å². The average Bonchev–Trinajstić information content (AvgIpc) is 2.05. The maximum absolute atomic E-state index is 8.96. The van der Waals surface area contributed by atoms with Crippen LogP contribution in [-0.4, -0.2) is 11.9 Å². The molecule has 1 aromatic carbocycles. The Labute approximate surface area is 59.4 Å². The van der Waals surface area contributed by atoms with E-state index in [9.17, 15) is 0 Å². The van der Waals surface area contributed by atoms with Crippen molar-refractivity contribution in [3.63, 3.8) is 0 Å². The van der Waals surface area contributed by atoms with E-state index in [1.165, 1.54) is 0 Å². The molecule has 10 heavy (non-hydrogen) atoms. The summed E-state index contributed by atoms with van der Waals surface area (Å²) in [5, 5.41) is 8.96. The number of aliphatic hydroxyl groups is 1. The summed E-state index contributed by atoms with van der Waals surface area (Å²) in [6, 6.07) is 8.95. The third-order valence-corrected chi connectivity index (χ3v) is 1.16. The van der Waals surface area contributed by atoms with Gasteiger partial charge in [0.1, 0.15) is 5.56 Å². The van der Waals surface area contributed by atoms with Crippen molar-refractivity contribution < 1.29 is 9.53 Å². The smallest absolute Gasteiger partial charge is 0.295 e. The standard InChI is InChI=1S/C8H8O2/c1-10-8(9)7-5-3-2-4-6-7/h2-6,9H,1H2/q+1. The van der Waals surface area contributed by atoms with Crippen LogP contribution in [-0.2, 0) is 4.42 Å². The Hall–Kier alpha value is -1.15. The van der Waals surface area contributed by atoms with E-state index in [0.29, 0.717) is 5.56 Å². The first-order chi connectivity index (χ1) is 4.84. The van der Waals surface area contributed by atoms with Crippen LogP contribution >= 0.6 is 0 Å². The summed E-state index contributed by atoms with van der Waals surface area (Å²) in [4.78, 5) is 0. The molecule has 0 aliphatic carbocycles. The molecule has 0 aliphatic rings. The predicted molar refractivity (Wildman–Crippen MR) is 37.8 cm³/mol. The zero-order chi connectivity index (χ0) is 7.40. The second kappa shape index (κ2) is 3.13. The zero-order valence-corrected chi connectivity index (χ0v) is 5.45. The quantitative estimate of drug-likeness (QED) is 0.610. The fourth-order valence-electron chi connectivity index (χ4n) is 0.664. The highest BCUT2D eigenvalue weighted by molar-refractivity contribution is 5.23. The monoisotopic (exact) mass is 136 g/mol. The third-order valence-electron chi connectivity index (χ3n) is 1.16. The van der Waals surface area contributed by atoms with E-state index < -0.39 is 0 Å². The van der Waals surface area contributed by atoms with Crippen molar-refractivity contribution in [3.8, 4) is 0 Å². The summed E-state index contributed by atoms with van der Waals surface area (Å²) < 4.78 is 4.36. The van der Waals surface area contributed by atoms with Crippen LogP contribution in [0, 0.1) is 6.29 Å². The van der Waals surface area contributed by atoms with E-state index in [4.69, 9.17) is 5.11 Å². The van der Waals surface area contributed by atoms with Crippen LogP contribution in [0.2, 0.25) is 0 Å². The molecule has 51 valence electrons. The number of aliphatic hydroxyl groups excluding tert-OH is 1. The first-order valence-electron chi connectivity index (χ1n) is 2.88. The molecule has 0 fully saturated rings. The molecular formula is C8H8O2+. The molecule has 2 heteroatoms. The molecule has 0 atom stereocenters.